The molecule has 0 radical (unpaired) electrons. The van der Waals surface area contributed by atoms with E-state index in [0.29, 0.717) is 5.56 Å². The van der Waals surface area contributed by atoms with Crippen LogP contribution in [-0.2, 0) is 6.61 Å². The number of hydrogen-bond acceptors (Lipinski definition) is 2. The predicted molar refractivity (Wildman–Crippen MR) is 64.9 cm³/mol. The Hall–Kier alpha value is -1.39. The van der Waals surface area contributed by atoms with Crippen molar-refractivity contribution in [2.24, 2.45) is 0 Å². The smallest absolute Gasteiger partial charge is 0.162 e. The summed E-state index contributed by atoms with van der Waals surface area (Å²) < 4.78 is 30.9. The predicted octanol–water partition coefficient (Wildman–Crippen LogP) is 4.25. The van der Waals surface area contributed by atoms with Crippen LogP contribution in [0.2, 0.25) is 10.3 Å². The van der Waals surface area contributed by atoms with Crippen LogP contribution in [0, 0.1) is 11.6 Å². The maximum atomic E-state index is 12.9. The van der Waals surface area contributed by atoms with Gasteiger partial charge in [0.1, 0.15) is 22.7 Å². The summed E-state index contributed by atoms with van der Waals surface area (Å²) in [4.78, 5) is 3.83. The van der Waals surface area contributed by atoms with Crippen molar-refractivity contribution in [3.8, 4) is 5.75 Å². The Morgan fingerprint density at radius 3 is 2.50 bits per heavy atom. The molecule has 0 N–H and O–H groups in total. The van der Waals surface area contributed by atoms with Gasteiger partial charge in [-0.25, -0.2) is 13.8 Å². The molecular formula is C12H7Cl2F2NO. The van der Waals surface area contributed by atoms with Crippen molar-refractivity contribution in [3.63, 3.8) is 0 Å². The van der Waals surface area contributed by atoms with Crippen LogP contribution in [0.4, 0.5) is 8.78 Å². The summed E-state index contributed by atoms with van der Waals surface area (Å²) in [7, 11) is 0. The summed E-state index contributed by atoms with van der Waals surface area (Å²) in [5, 5.41) is 0.488. The van der Waals surface area contributed by atoms with Crippen molar-refractivity contribution in [2.45, 2.75) is 6.61 Å². The average molecular weight is 290 g/mol. The fraction of sp³-hybridized carbons (Fsp3) is 0.0833. The standard InChI is InChI=1S/C12H7Cl2F2NO/c13-11-4-1-7(12(14)17-11)6-18-8-2-3-9(15)10(16)5-8/h1-5H,6H2. The maximum absolute atomic E-state index is 12.9. The number of nitrogens with zero attached hydrogens (tertiary/aromatic N) is 1. The van der Waals surface area contributed by atoms with Crippen molar-refractivity contribution >= 4 is 23.2 Å². The number of ether oxygens (including phenoxy) is 1. The molecule has 2 rings (SSSR count). The Kier molecular flexibility index (Phi) is 3.99. The summed E-state index contributed by atoms with van der Waals surface area (Å²) in [6, 6.07) is 6.50. The molecule has 2 aromatic rings. The Morgan fingerprint density at radius 1 is 1.06 bits per heavy atom. The van der Waals surface area contributed by atoms with Crippen LogP contribution >= 0.6 is 23.2 Å². The van der Waals surface area contributed by atoms with E-state index in [0.717, 1.165) is 12.1 Å². The molecule has 2 nitrogen and oxygen atoms in total. The molecule has 0 spiro atoms. The monoisotopic (exact) mass is 289 g/mol. The summed E-state index contributed by atoms with van der Waals surface area (Å²) in [6.07, 6.45) is 0. The zero-order chi connectivity index (χ0) is 13.1. The number of rotatable bonds is 3. The van der Waals surface area contributed by atoms with Gasteiger partial charge in [0.05, 0.1) is 0 Å². The molecule has 0 aliphatic carbocycles. The average Bonchev–Trinajstić information content (AvgIpc) is 2.32. The Morgan fingerprint density at radius 2 is 1.83 bits per heavy atom. The van der Waals surface area contributed by atoms with Crippen molar-refractivity contribution in [1.29, 1.82) is 0 Å². The second-order valence-corrected chi connectivity index (χ2v) is 4.19. The first-order chi connectivity index (χ1) is 8.56. The Labute approximate surface area is 112 Å². The van der Waals surface area contributed by atoms with Gasteiger partial charge in [-0.1, -0.05) is 23.2 Å². The third-order valence-electron chi connectivity index (χ3n) is 2.18. The molecule has 0 amide bonds. The molecule has 0 aliphatic heterocycles. The Bertz CT molecular complexity index is 578. The molecular weight excluding hydrogens is 283 g/mol. The lowest BCUT2D eigenvalue weighted by Gasteiger charge is -2.07. The molecule has 0 bridgehead atoms. The van der Waals surface area contributed by atoms with E-state index >= 15 is 0 Å². The van der Waals surface area contributed by atoms with E-state index < -0.39 is 11.6 Å². The minimum absolute atomic E-state index is 0.0913. The van der Waals surface area contributed by atoms with Gasteiger partial charge < -0.3 is 4.74 Å². The molecule has 6 heteroatoms. The van der Waals surface area contributed by atoms with Crippen LogP contribution in [0.15, 0.2) is 30.3 Å². The van der Waals surface area contributed by atoms with E-state index in [4.69, 9.17) is 27.9 Å². The van der Waals surface area contributed by atoms with Crippen LogP contribution in [0.3, 0.4) is 0 Å². The molecule has 0 fully saturated rings. The molecule has 1 heterocycles. The summed E-state index contributed by atoms with van der Waals surface area (Å²) in [5.74, 6) is -1.68. The third-order valence-corrected chi connectivity index (χ3v) is 2.72. The van der Waals surface area contributed by atoms with E-state index in [1.54, 1.807) is 12.1 Å². The van der Waals surface area contributed by atoms with Gasteiger partial charge in [-0.3, -0.25) is 0 Å². The number of benzene rings is 1. The Balaban J connectivity index is 2.09. The fourth-order valence-electron chi connectivity index (χ4n) is 1.28. The molecule has 0 saturated carbocycles. The van der Waals surface area contributed by atoms with Gasteiger partial charge in [-0.15, -0.1) is 0 Å². The van der Waals surface area contributed by atoms with Crippen LogP contribution in [0.5, 0.6) is 5.75 Å². The first-order valence-electron chi connectivity index (χ1n) is 4.95. The highest BCUT2D eigenvalue weighted by Crippen LogP contribution is 2.20. The molecule has 0 aliphatic rings. The lowest BCUT2D eigenvalue weighted by Crippen LogP contribution is -1.98. The summed E-state index contributed by atoms with van der Waals surface area (Å²) >= 11 is 11.5. The minimum atomic E-state index is -0.965. The van der Waals surface area contributed by atoms with Crippen molar-refractivity contribution < 1.29 is 13.5 Å². The van der Waals surface area contributed by atoms with E-state index in [2.05, 4.69) is 4.98 Å². The summed E-state index contributed by atoms with van der Waals surface area (Å²) in [5.41, 5.74) is 0.603. The molecule has 0 unspecified atom stereocenters. The molecule has 94 valence electrons. The lowest BCUT2D eigenvalue weighted by atomic mass is 10.3. The molecule has 1 aromatic heterocycles. The highest BCUT2D eigenvalue weighted by molar-refractivity contribution is 6.32. The molecule has 18 heavy (non-hydrogen) atoms. The zero-order valence-electron chi connectivity index (χ0n) is 8.96. The van der Waals surface area contributed by atoms with E-state index in [1.807, 2.05) is 0 Å². The molecule has 0 saturated heterocycles. The first-order valence-corrected chi connectivity index (χ1v) is 5.70. The SMILES string of the molecule is Fc1ccc(OCc2ccc(Cl)nc2Cl)cc1F. The third kappa shape index (κ3) is 3.09. The quantitative estimate of drug-likeness (QED) is 0.788. The van der Waals surface area contributed by atoms with Gasteiger partial charge in [-0.05, 0) is 24.3 Å². The van der Waals surface area contributed by atoms with Crippen LogP contribution < -0.4 is 4.74 Å². The number of pyridine rings is 1. The van der Waals surface area contributed by atoms with E-state index in [-0.39, 0.29) is 22.7 Å². The van der Waals surface area contributed by atoms with Gasteiger partial charge in [0, 0.05) is 11.6 Å². The van der Waals surface area contributed by atoms with Gasteiger partial charge in [0.25, 0.3) is 0 Å². The van der Waals surface area contributed by atoms with Gasteiger partial charge in [0.2, 0.25) is 0 Å². The zero-order valence-corrected chi connectivity index (χ0v) is 10.5. The second kappa shape index (κ2) is 5.50. The fourth-order valence-corrected chi connectivity index (χ4v) is 1.68. The van der Waals surface area contributed by atoms with Gasteiger partial charge >= 0.3 is 0 Å². The summed E-state index contributed by atoms with van der Waals surface area (Å²) in [6.45, 7) is 0.0913. The maximum Gasteiger partial charge on any atom is 0.162 e. The van der Waals surface area contributed by atoms with Crippen LogP contribution in [0.1, 0.15) is 5.56 Å². The van der Waals surface area contributed by atoms with Crippen molar-refractivity contribution in [2.75, 3.05) is 0 Å². The highest BCUT2D eigenvalue weighted by atomic mass is 35.5. The van der Waals surface area contributed by atoms with Crippen LogP contribution in [-0.4, -0.2) is 4.98 Å². The number of hydrogen-bond donors (Lipinski definition) is 0. The van der Waals surface area contributed by atoms with Crippen molar-refractivity contribution in [1.82, 2.24) is 4.98 Å². The highest BCUT2D eigenvalue weighted by Gasteiger charge is 2.06. The number of halogens is 4. The number of aromatic nitrogens is 1. The molecule has 0 atom stereocenters. The topological polar surface area (TPSA) is 22.1 Å². The molecule has 1 aromatic carbocycles. The second-order valence-electron chi connectivity index (χ2n) is 3.45. The van der Waals surface area contributed by atoms with Crippen molar-refractivity contribution in [3.05, 3.63) is 57.8 Å². The van der Waals surface area contributed by atoms with E-state index in [1.165, 1.54) is 6.07 Å². The van der Waals surface area contributed by atoms with Gasteiger partial charge in [0.15, 0.2) is 11.6 Å². The van der Waals surface area contributed by atoms with Gasteiger partial charge in [-0.2, -0.15) is 0 Å². The largest absolute Gasteiger partial charge is 0.489 e. The minimum Gasteiger partial charge on any atom is -0.489 e. The lowest BCUT2D eigenvalue weighted by molar-refractivity contribution is 0.303. The van der Waals surface area contributed by atoms with E-state index in [9.17, 15) is 8.78 Å². The van der Waals surface area contributed by atoms with Crippen LogP contribution in [0.25, 0.3) is 0 Å². The first kappa shape index (κ1) is 13.1. The normalized spacial score (nSPS) is 10.4.